The number of halogens is 1. The molecule has 0 saturated carbocycles. The van der Waals surface area contributed by atoms with Crippen molar-refractivity contribution >= 4 is 28.3 Å². The van der Waals surface area contributed by atoms with Gasteiger partial charge in [0.2, 0.25) is 10.0 Å². The average Bonchev–Trinajstić information content (AvgIpc) is 2.86. The predicted octanol–water partition coefficient (Wildman–Crippen LogP) is 1.51. The van der Waals surface area contributed by atoms with Gasteiger partial charge in [-0.25, -0.2) is 13.1 Å². The number of benzene rings is 1. The molecule has 2 unspecified atom stereocenters. The van der Waals surface area contributed by atoms with E-state index in [1.165, 1.54) is 0 Å². The highest BCUT2D eigenvalue weighted by Gasteiger charge is 2.38. The number of fused-ring (bicyclic) bond motifs is 2. The Labute approximate surface area is 155 Å². The molecule has 2 aliphatic heterocycles. The first-order valence-electron chi connectivity index (χ1n) is 8.60. The summed E-state index contributed by atoms with van der Waals surface area (Å²) in [6.07, 6.45) is 3.17. The molecule has 2 atom stereocenters. The van der Waals surface area contributed by atoms with Gasteiger partial charge in [0.25, 0.3) is 5.91 Å². The molecule has 1 amide bonds. The van der Waals surface area contributed by atoms with Crippen LogP contribution in [0, 0.1) is 0 Å². The van der Waals surface area contributed by atoms with Crippen LogP contribution in [0.25, 0.3) is 0 Å². The van der Waals surface area contributed by atoms with E-state index < -0.39 is 10.0 Å². The summed E-state index contributed by atoms with van der Waals surface area (Å²) in [4.78, 5) is 14.9. The number of carbonyl (C=O) groups excluding carboxylic acids is 1. The number of nitrogens with zero attached hydrogens (tertiary/aromatic N) is 1. The van der Waals surface area contributed by atoms with Crippen LogP contribution in [-0.2, 0) is 16.6 Å². The summed E-state index contributed by atoms with van der Waals surface area (Å²) < 4.78 is 25.5. The van der Waals surface area contributed by atoms with Gasteiger partial charge in [0.1, 0.15) is 0 Å². The van der Waals surface area contributed by atoms with Crippen LogP contribution in [0.2, 0.25) is 0 Å². The first kappa shape index (κ1) is 20.2. The van der Waals surface area contributed by atoms with E-state index in [4.69, 9.17) is 0 Å². The third kappa shape index (κ3) is 4.73. The zero-order valence-electron chi connectivity index (χ0n) is 14.4. The first-order chi connectivity index (χ1) is 11.5. The van der Waals surface area contributed by atoms with Crippen LogP contribution in [0.3, 0.4) is 0 Å². The number of amides is 1. The Morgan fingerprint density at radius 2 is 1.88 bits per heavy atom. The number of nitrogens with one attached hydrogen (secondary N) is 2. The highest BCUT2D eigenvalue weighted by molar-refractivity contribution is 7.89. The Morgan fingerprint density at radius 1 is 1.20 bits per heavy atom. The highest BCUT2D eigenvalue weighted by atomic mass is 35.5. The van der Waals surface area contributed by atoms with Crippen molar-refractivity contribution in [1.82, 2.24) is 14.9 Å². The van der Waals surface area contributed by atoms with Crippen LogP contribution >= 0.6 is 12.4 Å². The summed E-state index contributed by atoms with van der Waals surface area (Å²) in [5.74, 6) is 0.155. The second-order valence-electron chi connectivity index (χ2n) is 6.51. The Balaban J connectivity index is 0.00000225. The lowest BCUT2D eigenvalue weighted by atomic mass is 10.1. The molecule has 0 radical (unpaired) electrons. The molecule has 8 heteroatoms. The third-order valence-corrected chi connectivity index (χ3v) is 6.31. The largest absolute Gasteiger partial charge is 0.331 e. The van der Waals surface area contributed by atoms with Gasteiger partial charge in [0, 0.05) is 30.7 Å². The summed E-state index contributed by atoms with van der Waals surface area (Å²) in [5.41, 5.74) is 1.53. The summed E-state index contributed by atoms with van der Waals surface area (Å²) >= 11 is 0. The molecular weight excluding hydrogens is 362 g/mol. The summed E-state index contributed by atoms with van der Waals surface area (Å²) in [6.45, 7) is 3.71. The molecule has 0 aliphatic carbocycles. The number of sulfonamides is 1. The Kier molecular flexibility index (Phi) is 6.85. The minimum Gasteiger partial charge on any atom is -0.331 e. The van der Waals surface area contributed by atoms with Crippen molar-refractivity contribution in [3.63, 3.8) is 0 Å². The van der Waals surface area contributed by atoms with E-state index in [1.807, 2.05) is 12.1 Å². The van der Waals surface area contributed by atoms with E-state index in [0.29, 0.717) is 17.6 Å². The molecular formula is C17H26ClN3O3S. The minimum absolute atomic E-state index is 0. The van der Waals surface area contributed by atoms with Gasteiger partial charge >= 0.3 is 0 Å². The van der Waals surface area contributed by atoms with Crippen molar-refractivity contribution in [2.75, 3.05) is 18.8 Å². The number of hydrogen-bond donors (Lipinski definition) is 2. The fraction of sp³-hybridized carbons (Fsp3) is 0.588. The molecule has 2 heterocycles. The van der Waals surface area contributed by atoms with E-state index in [2.05, 4.69) is 14.9 Å². The van der Waals surface area contributed by atoms with Crippen LogP contribution in [0.5, 0.6) is 0 Å². The maximum Gasteiger partial charge on any atom is 0.254 e. The van der Waals surface area contributed by atoms with Crippen LogP contribution in [0.15, 0.2) is 24.3 Å². The second-order valence-corrected chi connectivity index (χ2v) is 8.61. The monoisotopic (exact) mass is 387 g/mol. The lowest BCUT2D eigenvalue weighted by Gasteiger charge is -2.28. The lowest BCUT2D eigenvalue weighted by Crippen LogP contribution is -2.42. The van der Waals surface area contributed by atoms with E-state index >= 15 is 0 Å². The Bertz CT molecular complexity index is 680. The topological polar surface area (TPSA) is 78.5 Å². The van der Waals surface area contributed by atoms with Crippen LogP contribution < -0.4 is 10.0 Å². The van der Waals surface area contributed by atoms with Crippen molar-refractivity contribution in [2.24, 2.45) is 0 Å². The van der Waals surface area contributed by atoms with E-state index in [-0.39, 0.29) is 30.6 Å². The van der Waals surface area contributed by atoms with E-state index in [9.17, 15) is 13.2 Å². The van der Waals surface area contributed by atoms with Gasteiger partial charge in [0.15, 0.2) is 0 Å². The van der Waals surface area contributed by atoms with Gasteiger partial charge in [-0.2, -0.15) is 0 Å². The predicted molar refractivity (Wildman–Crippen MR) is 100 cm³/mol. The molecule has 1 aromatic carbocycles. The van der Waals surface area contributed by atoms with E-state index in [1.54, 1.807) is 19.1 Å². The SMILES string of the molecule is CCS(=O)(=O)NCc1ccc(C(=O)N2C3CCNCC2CC3)cc1.Cl. The van der Waals surface area contributed by atoms with Crippen LogP contribution in [0.1, 0.15) is 42.1 Å². The molecule has 2 aliphatic rings. The van der Waals surface area contributed by atoms with Gasteiger partial charge in [-0.15, -0.1) is 12.4 Å². The number of hydrogen-bond acceptors (Lipinski definition) is 4. The van der Waals surface area contributed by atoms with Crippen LogP contribution in [0.4, 0.5) is 0 Å². The highest BCUT2D eigenvalue weighted by Crippen LogP contribution is 2.29. The van der Waals surface area contributed by atoms with E-state index in [0.717, 1.165) is 37.9 Å². The van der Waals surface area contributed by atoms with Crippen molar-refractivity contribution in [3.8, 4) is 0 Å². The molecule has 2 saturated heterocycles. The molecule has 2 fully saturated rings. The van der Waals surface area contributed by atoms with Gasteiger partial charge in [-0.05, 0) is 50.4 Å². The van der Waals surface area contributed by atoms with Gasteiger partial charge in [0.05, 0.1) is 5.75 Å². The molecule has 3 rings (SSSR count). The fourth-order valence-electron chi connectivity index (χ4n) is 3.52. The van der Waals surface area contributed by atoms with Gasteiger partial charge in [-0.3, -0.25) is 4.79 Å². The minimum atomic E-state index is -3.20. The number of rotatable bonds is 5. The summed E-state index contributed by atoms with van der Waals surface area (Å²) in [7, 11) is -3.20. The van der Waals surface area contributed by atoms with Crippen molar-refractivity contribution in [3.05, 3.63) is 35.4 Å². The zero-order valence-corrected chi connectivity index (χ0v) is 16.0. The van der Waals surface area contributed by atoms with Crippen molar-refractivity contribution in [1.29, 1.82) is 0 Å². The first-order valence-corrected chi connectivity index (χ1v) is 10.2. The zero-order chi connectivity index (χ0) is 17.2. The molecule has 2 bridgehead atoms. The fourth-order valence-corrected chi connectivity index (χ4v) is 4.11. The molecule has 0 aromatic heterocycles. The molecule has 0 spiro atoms. The van der Waals surface area contributed by atoms with Crippen LogP contribution in [-0.4, -0.2) is 50.2 Å². The standard InChI is InChI=1S/C17H25N3O3S.ClH/c1-2-24(22,23)19-11-13-3-5-14(6-4-13)17(21)20-15-7-8-16(20)12-18-10-9-15;/h3-6,15-16,18-19H,2,7-12H2,1H3;1H. The maximum atomic E-state index is 12.9. The molecule has 1 aromatic rings. The summed E-state index contributed by atoms with van der Waals surface area (Å²) in [5, 5.41) is 3.40. The Hall–Kier alpha value is -1.15. The third-order valence-electron chi connectivity index (χ3n) is 4.97. The average molecular weight is 388 g/mol. The quantitative estimate of drug-likeness (QED) is 0.802. The normalized spacial score (nSPS) is 23.0. The van der Waals surface area contributed by atoms with Crippen molar-refractivity contribution in [2.45, 2.75) is 44.8 Å². The molecule has 2 N–H and O–H groups in total. The van der Waals surface area contributed by atoms with Gasteiger partial charge in [-0.1, -0.05) is 12.1 Å². The molecule has 140 valence electrons. The Morgan fingerprint density at radius 3 is 2.56 bits per heavy atom. The number of carbonyl (C=O) groups is 1. The van der Waals surface area contributed by atoms with Gasteiger partial charge < -0.3 is 10.2 Å². The maximum absolute atomic E-state index is 12.9. The molecule has 6 nitrogen and oxygen atoms in total. The summed E-state index contributed by atoms with van der Waals surface area (Å²) in [6, 6.07) is 7.88. The molecule has 25 heavy (non-hydrogen) atoms. The smallest absolute Gasteiger partial charge is 0.254 e. The second kappa shape index (κ2) is 8.49. The van der Waals surface area contributed by atoms with Crippen molar-refractivity contribution < 1.29 is 13.2 Å². The lowest BCUT2D eigenvalue weighted by molar-refractivity contribution is 0.0680.